The van der Waals surface area contributed by atoms with Crippen LogP contribution in [0.15, 0.2) is 30.9 Å². The smallest absolute Gasteiger partial charge is 0.243 e. The molecule has 0 radical (unpaired) electrons. The van der Waals surface area contributed by atoms with Gasteiger partial charge in [-0.05, 0) is 20.0 Å². The quantitative estimate of drug-likeness (QED) is 0.867. The average Bonchev–Trinajstić information content (AvgIpc) is 2.84. The zero-order valence-corrected chi connectivity index (χ0v) is 11.8. The molecule has 0 aliphatic rings. The molecule has 2 aromatic heterocycles. The van der Waals surface area contributed by atoms with E-state index >= 15 is 0 Å². The number of hydrogen-bond donors (Lipinski definition) is 1. The Morgan fingerprint density at radius 3 is 2.65 bits per heavy atom. The molecule has 106 valence electrons. The highest BCUT2D eigenvalue weighted by Gasteiger charge is 2.20. The third-order valence-electron chi connectivity index (χ3n) is 3.15. The van der Waals surface area contributed by atoms with Crippen LogP contribution in [-0.4, -0.2) is 43.4 Å². The van der Waals surface area contributed by atoms with Crippen molar-refractivity contribution < 1.29 is 4.79 Å². The van der Waals surface area contributed by atoms with E-state index in [-0.39, 0.29) is 11.9 Å². The summed E-state index contributed by atoms with van der Waals surface area (Å²) in [6.45, 7) is 2.43. The molecule has 0 aromatic carbocycles. The van der Waals surface area contributed by atoms with Crippen LogP contribution in [0.2, 0.25) is 0 Å². The molecule has 2 heterocycles. The number of carbonyl (C=O) groups excluding carboxylic acids is 1. The molecule has 7 heteroatoms. The number of hydrogen-bond acceptors (Lipinski definition) is 5. The van der Waals surface area contributed by atoms with Gasteiger partial charge in [0.1, 0.15) is 5.82 Å². The molecule has 1 atom stereocenters. The van der Waals surface area contributed by atoms with Crippen LogP contribution in [0.5, 0.6) is 0 Å². The highest BCUT2D eigenvalue weighted by molar-refractivity contribution is 5.92. The number of anilines is 1. The molecule has 0 saturated carbocycles. The summed E-state index contributed by atoms with van der Waals surface area (Å²) in [6.07, 6.45) is 6.80. The van der Waals surface area contributed by atoms with E-state index in [0.717, 1.165) is 5.82 Å². The number of aromatic nitrogens is 4. The van der Waals surface area contributed by atoms with Crippen molar-refractivity contribution in [2.45, 2.75) is 19.5 Å². The first-order valence-electron chi connectivity index (χ1n) is 6.32. The Kier molecular flexibility index (Phi) is 4.41. The number of imidazole rings is 1. The Morgan fingerprint density at radius 1 is 1.35 bits per heavy atom. The van der Waals surface area contributed by atoms with E-state index < -0.39 is 0 Å². The fraction of sp³-hybridized carbons (Fsp3) is 0.385. The van der Waals surface area contributed by atoms with E-state index in [1.54, 1.807) is 24.7 Å². The van der Waals surface area contributed by atoms with Gasteiger partial charge in [-0.3, -0.25) is 15.0 Å². The molecule has 2 aromatic rings. The highest BCUT2D eigenvalue weighted by Crippen LogP contribution is 2.06. The first-order chi connectivity index (χ1) is 9.58. The van der Waals surface area contributed by atoms with Gasteiger partial charge in [-0.15, -0.1) is 0 Å². The van der Waals surface area contributed by atoms with Crippen LogP contribution in [0.4, 0.5) is 5.95 Å². The van der Waals surface area contributed by atoms with Crippen LogP contribution in [0.3, 0.4) is 0 Å². The topological polar surface area (TPSA) is 75.9 Å². The largest absolute Gasteiger partial charge is 0.337 e. The van der Waals surface area contributed by atoms with Crippen molar-refractivity contribution in [2.75, 3.05) is 12.4 Å². The normalized spacial score (nSPS) is 12.4. The van der Waals surface area contributed by atoms with Gasteiger partial charge in [-0.2, -0.15) is 0 Å². The van der Waals surface area contributed by atoms with Crippen molar-refractivity contribution in [3.05, 3.63) is 36.7 Å². The Bertz CT molecular complexity index is 567. The third-order valence-corrected chi connectivity index (χ3v) is 3.15. The maximum absolute atomic E-state index is 12.1. The average molecular weight is 274 g/mol. The van der Waals surface area contributed by atoms with Crippen molar-refractivity contribution in [3.63, 3.8) is 0 Å². The van der Waals surface area contributed by atoms with Gasteiger partial charge in [-0.25, -0.2) is 15.0 Å². The lowest BCUT2D eigenvalue weighted by Gasteiger charge is -2.23. The van der Waals surface area contributed by atoms with Crippen LogP contribution in [0.1, 0.15) is 12.7 Å². The summed E-state index contributed by atoms with van der Waals surface area (Å²) in [5.41, 5.74) is 0. The number of nitrogens with zero attached hydrogens (tertiary/aromatic N) is 5. The standard InChI is InChI=1S/C13H18N6O/c1-10(12(20)17-13-15-5-4-6-16-13)19(3)9-11-14-7-8-18(11)2/h4-8,10H,9H2,1-3H3,(H,15,16,17,20)/t10-/m0/s1. The molecule has 0 bridgehead atoms. The summed E-state index contributed by atoms with van der Waals surface area (Å²) < 4.78 is 1.93. The van der Waals surface area contributed by atoms with Crippen LogP contribution in [0.25, 0.3) is 0 Å². The van der Waals surface area contributed by atoms with Crippen LogP contribution in [-0.2, 0) is 18.4 Å². The zero-order chi connectivity index (χ0) is 14.5. The van der Waals surface area contributed by atoms with Crippen molar-refractivity contribution in [2.24, 2.45) is 7.05 Å². The lowest BCUT2D eigenvalue weighted by atomic mass is 10.2. The van der Waals surface area contributed by atoms with Gasteiger partial charge in [0.2, 0.25) is 11.9 Å². The maximum Gasteiger partial charge on any atom is 0.243 e. The zero-order valence-electron chi connectivity index (χ0n) is 11.8. The van der Waals surface area contributed by atoms with E-state index in [1.807, 2.05) is 36.7 Å². The second-order valence-electron chi connectivity index (χ2n) is 4.61. The predicted molar refractivity (Wildman–Crippen MR) is 74.8 cm³/mol. The highest BCUT2D eigenvalue weighted by atomic mass is 16.2. The first kappa shape index (κ1) is 14.1. The van der Waals surface area contributed by atoms with Crippen LogP contribution >= 0.6 is 0 Å². The van der Waals surface area contributed by atoms with Crippen molar-refractivity contribution in [1.82, 2.24) is 24.4 Å². The molecular formula is C13H18N6O. The van der Waals surface area contributed by atoms with Gasteiger partial charge in [0.05, 0.1) is 12.6 Å². The molecule has 1 amide bonds. The minimum atomic E-state index is -0.310. The Balaban J connectivity index is 1.94. The molecule has 0 spiro atoms. The molecule has 2 rings (SSSR count). The molecule has 0 aliphatic carbocycles. The van der Waals surface area contributed by atoms with Crippen LogP contribution < -0.4 is 5.32 Å². The second-order valence-corrected chi connectivity index (χ2v) is 4.61. The molecule has 20 heavy (non-hydrogen) atoms. The molecule has 0 saturated heterocycles. The number of nitrogens with one attached hydrogen (secondary N) is 1. The summed E-state index contributed by atoms with van der Waals surface area (Å²) in [7, 11) is 3.81. The minimum absolute atomic E-state index is 0.145. The van der Waals surface area contributed by atoms with Gasteiger partial charge >= 0.3 is 0 Å². The molecule has 0 aliphatic heterocycles. The summed E-state index contributed by atoms with van der Waals surface area (Å²) in [5, 5.41) is 2.69. The van der Waals surface area contributed by atoms with Crippen molar-refractivity contribution >= 4 is 11.9 Å². The first-order valence-corrected chi connectivity index (χ1v) is 6.32. The van der Waals surface area contributed by atoms with Gasteiger partial charge in [0.25, 0.3) is 0 Å². The Hall–Kier alpha value is -2.28. The summed E-state index contributed by atoms with van der Waals surface area (Å²) >= 11 is 0. The second kappa shape index (κ2) is 6.25. The number of likely N-dealkylation sites (N-methyl/N-ethyl adjacent to an activating group) is 1. The van der Waals surface area contributed by atoms with E-state index in [2.05, 4.69) is 20.3 Å². The van der Waals surface area contributed by atoms with E-state index in [0.29, 0.717) is 12.5 Å². The molecular weight excluding hydrogens is 256 g/mol. The summed E-state index contributed by atoms with van der Waals surface area (Å²) in [5.74, 6) is 1.07. The van der Waals surface area contributed by atoms with Gasteiger partial charge in [0, 0.05) is 31.8 Å². The SMILES string of the molecule is C[C@@H](C(=O)Nc1ncccn1)N(C)Cc1nccn1C. The number of carbonyl (C=O) groups is 1. The predicted octanol–water partition coefficient (Wildman–Crippen LogP) is 0.669. The fourth-order valence-electron chi connectivity index (χ4n) is 1.69. The minimum Gasteiger partial charge on any atom is -0.337 e. The summed E-state index contributed by atoms with van der Waals surface area (Å²) in [6, 6.07) is 1.39. The lowest BCUT2D eigenvalue weighted by Crippen LogP contribution is -2.39. The molecule has 0 fully saturated rings. The Labute approximate surface area is 117 Å². The van der Waals surface area contributed by atoms with E-state index in [9.17, 15) is 4.79 Å². The molecule has 0 unspecified atom stereocenters. The van der Waals surface area contributed by atoms with E-state index in [1.165, 1.54) is 0 Å². The van der Waals surface area contributed by atoms with Gasteiger partial charge < -0.3 is 4.57 Å². The van der Waals surface area contributed by atoms with Crippen LogP contribution in [0, 0.1) is 0 Å². The Morgan fingerprint density at radius 2 is 2.05 bits per heavy atom. The number of aryl methyl sites for hydroxylation is 1. The fourth-order valence-corrected chi connectivity index (χ4v) is 1.69. The van der Waals surface area contributed by atoms with Crippen molar-refractivity contribution in [3.8, 4) is 0 Å². The molecule has 1 N–H and O–H groups in total. The van der Waals surface area contributed by atoms with E-state index in [4.69, 9.17) is 0 Å². The number of rotatable bonds is 5. The van der Waals surface area contributed by atoms with Crippen molar-refractivity contribution in [1.29, 1.82) is 0 Å². The maximum atomic E-state index is 12.1. The lowest BCUT2D eigenvalue weighted by molar-refractivity contribution is -0.120. The monoisotopic (exact) mass is 274 g/mol. The summed E-state index contributed by atoms with van der Waals surface area (Å²) in [4.78, 5) is 26.2. The van der Waals surface area contributed by atoms with Gasteiger partial charge in [0.15, 0.2) is 0 Å². The third kappa shape index (κ3) is 3.39. The number of amides is 1. The van der Waals surface area contributed by atoms with Gasteiger partial charge in [-0.1, -0.05) is 0 Å². The molecule has 7 nitrogen and oxygen atoms in total.